The van der Waals surface area contributed by atoms with Gasteiger partial charge in [0, 0.05) is 35.0 Å². The normalized spacial score (nSPS) is 14.2. The number of hydrogen-bond acceptors (Lipinski definition) is 4. The lowest BCUT2D eigenvalue weighted by molar-refractivity contribution is 0.175. The zero-order chi connectivity index (χ0) is 13.7. The zero-order valence-corrected chi connectivity index (χ0v) is 12.3. The lowest BCUT2D eigenvalue weighted by atomic mass is 10.2. The highest BCUT2D eigenvalue weighted by atomic mass is 32.2. The summed E-state index contributed by atoms with van der Waals surface area (Å²) in [5.41, 5.74) is 2.07. The average molecular weight is 295 g/mol. The number of rotatable bonds is 6. The van der Waals surface area contributed by atoms with Crippen LogP contribution in [0.4, 0.5) is 0 Å². The van der Waals surface area contributed by atoms with Crippen LogP contribution in [-0.2, 0) is 17.3 Å². The molecular weight excluding hydrogens is 278 g/mol. The standard InChI is InChI=1S/C14H17NO2S2/c1-19(17)13-4-2-11(3-5-13)8-15-9-14(16)12-6-7-18-10-12/h2-7,10,14-16H,8-9H2,1H3. The monoisotopic (exact) mass is 295 g/mol. The highest BCUT2D eigenvalue weighted by Crippen LogP contribution is 2.15. The van der Waals surface area contributed by atoms with Crippen molar-refractivity contribution in [1.82, 2.24) is 5.32 Å². The van der Waals surface area contributed by atoms with Gasteiger partial charge in [-0.05, 0) is 40.1 Å². The Hall–Kier alpha value is -1.01. The SMILES string of the molecule is CS(=O)c1ccc(CNCC(O)c2ccsc2)cc1. The van der Waals surface area contributed by atoms with Gasteiger partial charge in [0.1, 0.15) is 0 Å². The molecule has 0 amide bonds. The van der Waals surface area contributed by atoms with Crippen LogP contribution in [0.25, 0.3) is 0 Å². The molecule has 0 spiro atoms. The molecule has 0 saturated heterocycles. The van der Waals surface area contributed by atoms with Gasteiger partial charge in [-0.1, -0.05) is 12.1 Å². The van der Waals surface area contributed by atoms with E-state index in [0.29, 0.717) is 13.1 Å². The van der Waals surface area contributed by atoms with Gasteiger partial charge in [-0.2, -0.15) is 11.3 Å². The lowest BCUT2D eigenvalue weighted by Crippen LogP contribution is -2.20. The Morgan fingerprint density at radius 3 is 2.63 bits per heavy atom. The van der Waals surface area contributed by atoms with Gasteiger partial charge in [0.05, 0.1) is 6.10 Å². The molecule has 1 aromatic carbocycles. The van der Waals surface area contributed by atoms with Crippen LogP contribution in [-0.4, -0.2) is 22.1 Å². The number of nitrogens with one attached hydrogen (secondary N) is 1. The van der Waals surface area contributed by atoms with E-state index in [1.54, 1.807) is 17.6 Å². The van der Waals surface area contributed by atoms with Crippen LogP contribution >= 0.6 is 11.3 Å². The van der Waals surface area contributed by atoms with Gasteiger partial charge < -0.3 is 10.4 Å². The summed E-state index contributed by atoms with van der Waals surface area (Å²) in [4.78, 5) is 0.835. The first-order valence-electron chi connectivity index (χ1n) is 6.00. The molecule has 2 atom stereocenters. The van der Waals surface area contributed by atoms with Gasteiger partial charge in [-0.15, -0.1) is 0 Å². The first kappa shape index (κ1) is 14.4. The number of aliphatic hydroxyl groups excluding tert-OH is 1. The summed E-state index contributed by atoms with van der Waals surface area (Å²) in [5.74, 6) is 0. The molecule has 2 N–H and O–H groups in total. The fourth-order valence-corrected chi connectivity index (χ4v) is 2.96. The van der Waals surface area contributed by atoms with E-state index in [-0.39, 0.29) is 0 Å². The van der Waals surface area contributed by atoms with Crippen molar-refractivity contribution < 1.29 is 9.32 Å². The van der Waals surface area contributed by atoms with E-state index in [2.05, 4.69) is 5.32 Å². The van der Waals surface area contributed by atoms with Gasteiger partial charge in [-0.25, -0.2) is 0 Å². The number of benzene rings is 1. The van der Waals surface area contributed by atoms with Crippen LogP contribution in [0.1, 0.15) is 17.2 Å². The summed E-state index contributed by atoms with van der Waals surface area (Å²) in [6.45, 7) is 1.22. The third-order valence-electron chi connectivity index (χ3n) is 2.85. The van der Waals surface area contributed by atoms with Crippen LogP contribution in [0.5, 0.6) is 0 Å². The second-order valence-electron chi connectivity index (χ2n) is 4.30. The van der Waals surface area contributed by atoms with Gasteiger partial charge in [-0.3, -0.25) is 4.21 Å². The van der Waals surface area contributed by atoms with E-state index in [0.717, 1.165) is 16.0 Å². The number of aliphatic hydroxyl groups is 1. The highest BCUT2D eigenvalue weighted by molar-refractivity contribution is 7.84. The first-order chi connectivity index (χ1) is 9.16. The number of thiophene rings is 1. The summed E-state index contributed by atoms with van der Waals surface area (Å²) in [5, 5.41) is 17.0. The topological polar surface area (TPSA) is 49.3 Å². The Labute approximate surface area is 119 Å². The third-order valence-corrected chi connectivity index (χ3v) is 4.49. The smallest absolute Gasteiger partial charge is 0.0922 e. The minimum Gasteiger partial charge on any atom is -0.387 e. The third kappa shape index (κ3) is 4.24. The molecule has 0 bridgehead atoms. The van der Waals surface area contributed by atoms with Gasteiger partial charge in [0.2, 0.25) is 0 Å². The summed E-state index contributed by atoms with van der Waals surface area (Å²) >= 11 is 1.59. The van der Waals surface area contributed by atoms with Crippen molar-refractivity contribution in [2.24, 2.45) is 0 Å². The first-order valence-corrected chi connectivity index (χ1v) is 8.50. The molecule has 102 valence electrons. The highest BCUT2D eigenvalue weighted by Gasteiger charge is 2.06. The van der Waals surface area contributed by atoms with Gasteiger partial charge >= 0.3 is 0 Å². The number of hydrogen-bond donors (Lipinski definition) is 2. The van der Waals surface area contributed by atoms with Crippen LogP contribution in [0, 0.1) is 0 Å². The fourth-order valence-electron chi connectivity index (χ4n) is 1.73. The quantitative estimate of drug-likeness (QED) is 0.860. The molecule has 0 aliphatic heterocycles. The molecule has 1 heterocycles. The van der Waals surface area contributed by atoms with E-state index in [1.807, 2.05) is 41.1 Å². The second-order valence-corrected chi connectivity index (χ2v) is 6.46. The molecule has 2 rings (SSSR count). The predicted molar refractivity (Wildman–Crippen MR) is 79.8 cm³/mol. The maximum absolute atomic E-state index is 11.3. The Morgan fingerprint density at radius 1 is 1.32 bits per heavy atom. The van der Waals surface area contributed by atoms with Crippen LogP contribution < -0.4 is 5.32 Å². The summed E-state index contributed by atoms with van der Waals surface area (Å²) in [6, 6.07) is 9.61. The molecular formula is C14H17NO2S2. The summed E-state index contributed by atoms with van der Waals surface area (Å²) < 4.78 is 11.3. The molecule has 5 heteroatoms. The van der Waals surface area contributed by atoms with Crippen molar-refractivity contribution in [2.75, 3.05) is 12.8 Å². The zero-order valence-electron chi connectivity index (χ0n) is 10.7. The van der Waals surface area contributed by atoms with Crippen LogP contribution in [0.15, 0.2) is 46.0 Å². The Balaban J connectivity index is 1.81. The maximum atomic E-state index is 11.3. The minimum atomic E-state index is -0.930. The summed E-state index contributed by atoms with van der Waals surface area (Å²) in [6.07, 6.45) is 1.21. The Bertz CT molecular complexity index is 523. The Kier molecular flexibility index (Phi) is 5.27. The summed E-state index contributed by atoms with van der Waals surface area (Å²) in [7, 11) is -0.930. The van der Waals surface area contributed by atoms with Crippen LogP contribution in [0.2, 0.25) is 0 Å². The van der Waals surface area contributed by atoms with Crippen LogP contribution in [0.3, 0.4) is 0 Å². The fraction of sp³-hybridized carbons (Fsp3) is 0.286. The van der Waals surface area contributed by atoms with E-state index < -0.39 is 16.9 Å². The van der Waals surface area contributed by atoms with E-state index >= 15 is 0 Å². The second kappa shape index (κ2) is 6.96. The maximum Gasteiger partial charge on any atom is 0.0922 e. The molecule has 3 nitrogen and oxygen atoms in total. The molecule has 0 aliphatic rings. The van der Waals surface area contributed by atoms with Crippen molar-refractivity contribution in [1.29, 1.82) is 0 Å². The van der Waals surface area contributed by atoms with Crippen molar-refractivity contribution in [3.8, 4) is 0 Å². The average Bonchev–Trinajstić information content (AvgIpc) is 2.93. The molecule has 0 saturated carbocycles. The Morgan fingerprint density at radius 2 is 2.05 bits per heavy atom. The van der Waals surface area contributed by atoms with Crippen molar-refractivity contribution in [3.63, 3.8) is 0 Å². The van der Waals surface area contributed by atoms with E-state index in [1.165, 1.54) is 0 Å². The molecule has 2 unspecified atom stereocenters. The van der Waals surface area contributed by atoms with Crippen molar-refractivity contribution in [3.05, 3.63) is 52.2 Å². The van der Waals surface area contributed by atoms with Gasteiger partial charge in [0.25, 0.3) is 0 Å². The molecule has 19 heavy (non-hydrogen) atoms. The van der Waals surface area contributed by atoms with Crippen molar-refractivity contribution in [2.45, 2.75) is 17.5 Å². The van der Waals surface area contributed by atoms with Gasteiger partial charge in [0.15, 0.2) is 0 Å². The largest absolute Gasteiger partial charge is 0.387 e. The molecule has 1 aromatic heterocycles. The molecule has 0 radical (unpaired) electrons. The van der Waals surface area contributed by atoms with E-state index in [9.17, 15) is 9.32 Å². The predicted octanol–water partition coefficient (Wildman–Crippen LogP) is 2.31. The molecule has 0 fully saturated rings. The van der Waals surface area contributed by atoms with E-state index in [4.69, 9.17) is 0 Å². The lowest BCUT2D eigenvalue weighted by Gasteiger charge is -2.10. The molecule has 0 aliphatic carbocycles. The minimum absolute atomic E-state index is 0.464. The van der Waals surface area contributed by atoms with Crippen molar-refractivity contribution >= 4 is 22.1 Å². The molecule has 2 aromatic rings.